The number of carbonyl (C=O) groups excluding carboxylic acids is 2. The van der Waals surface area contributed by atoms with Gasteiger partial charge in [0.05, 0.1) is 6.42 Å². The Morgan fingerprint density at radius 3 is 2.42 bits per heavy atom. The number of nitrogens with one attached hydrogen (secondary N) is 1. The highest BCUT2D eigenvalue weighted by molar-refractivity contribution is 7.12. The smallest absolute Gasteiger partial charge is 0.251 e. The molecule has 1 heterocycles. The van der Waals surface area contributed by atoms with Crippen LogP contribution < -0.4 is 5.32 Å². The Morgan fingerprint density at radius 2 is 1.88 bits per heavy atom. The summed E-state index contributed by atoms with van der Waals surface area (Å²) >= 11 is 1.69. The fourth-order valence-electron chi connectivity index (χ4n) is 2.74. The van der Waals surface area contributed by atoms with Crippen LogP contribution in [0.15, 0.2) is 36.4 Å². The highest BCUT2D eigenvalue weighted by Gasteiger charge is 2.32. The van der Waals surface area contributed by atoms with E-state index in [0.717, 1.165) is 23.3 Å². The Hall–Kier alpha value is -2.14. The van der Waals surface area contributed by atoms with Crippen molar-refractivity contribution >= 4 is 23.2 Å². The van der Waals surface area contributed by atoms with Crippen LogP contribution in [0, 0.1) is 6.92 Å². The summed E-state index contributed by atoms with van der Waals surface area (Å²) in [6, 6.07) is 12.0. The number of nitrogens with zero attached hydrogens (tertiary/aromatic N) is 1. The van der Waals surface area contributed by atoms with Gasteiger partial charge in [-0.25, -0.2) is 0 Å². The number of amides is 2. The zero-order valence-corrected chi connectivity index (χ0v) is 14.9. The van der Waals surface area contributed by atoms with Crippen LogP contribution in [-0.2, 0) is 17.8 Å². The summed E-state index contributed by atoms with van der Waals surface area (Å²) in [4.78, 5) is 28.7. The van der Waals surface area contributed by atoms with Gasteiger partial charge in [-0.05, 0) is 49.6 Å². The van der Waals surface area contributed by atoms with Crippen LogP contribution in [0.3, 0.4) is 0 Å². The third kappa shape index (κ3) is 4.03. The van der Waals surface area contributed by atoms with E-state index in [4.69, 9.17) is 0 Å². The molecule has 5 heteroatoms. The van der Waals surface area contributed by atoms with Gasteiger partial charge in [-0.1, -0.05) is 12.1 Å². The molecule has 2 amide bonds. The zero-order chi connectivity index (χ0) is 17.1. The molecule has 1 aromatic carbocycles. The Labute approximate surface area is 146 Å². The molecule has 1 aliphatic carbocycles. The van der Waals surface area contributed by atoms with Gasteiger partial charge in [0.1, 0.15) is 0 Å². The predicted molar refractivity (Wildman–Crippen MR) is 96.2 cm³/mol. The van der Waals surface area contributed by atoms with Crippen LogP contribution in [-0.4, -0.2) is 29.8 Å². The van der Waals surface area contributed by atoms with Gasteiger partial charge in [-0.15, -0.1) is 11.3 Å². The largest absolute Gasteiger partial charge is 0.355 e. The topological polar surface area (TPSA) is 49.4 Å². The second-order valence-electron chi connectivity index (χ2n) is 6.22. The molecule has 1 aliphatic rings. The molecule has 0 bridgehead atoms. The van der Waals surface area contributed by atoms with Crippen molar-refractivity contribution in [2.24, 2.45) is 0 Å². The molecule has 2 aromatic rings. The van der Waals surface area contributed by atoms with Crippen LogP contribution in [0.1, 0.15) is 38.5 Å². The second kappa shape index (κ2) is 7.18. The Bertz CT molecular complexity index is 732. The summed E-state index contributed by atoms with van der Waals surface area (Å²) in [5.41, 5.74) is 1.70. The van der Waals surface area contributed by atoms with E-state index in [1.54, 1.807) is 18.4 Å². The first-order valence-electron chi connectivity index (χ1n) is 8.22. The van der Waals surface area contributed by atoms with Crippen molar-refractivity contribution in [3.8, 4) is 0 Å². The molecule has 1 aromatic heterocycles. The lowest BCUT2D eigenvalue weighted by Gasteiger charge is -2.22. The van der Waals surface area contributed by atoms with Crippen molar-refractivity contribution in [3.63, 3.8) is 0 Å². The number of rotatable bonds is 6. The number of hydrogen-bond donors (Lipinski definition) is 1. The number of hydrogen-bond acceptors (Lipinski definition) is 3. The molecule has 1 N–H and O–H groups in total. The average Bonchev–Trinajstić information content (AvgIpc) is 3.35. The van der Waals surface area contributed by atoms with E-state index in [1.807, 2.05) is 35.2 Å². The summed E-state index contributed by atoms with van der Waals surface area (Å²) in [5, 5.41) is 2.61. The summed E-state index contributed by atoms with van der Waals surface area (Å²) in [6.07, 6.45) is 2.66. The number of aryl methyl sites for hydroxylation is 1. The van der Waals surface area contributed by atoms with Gasteiger partial charge >= 0.3 is 0 Å². The van der Waals surface area contributed by atoms with Gasteiger partial charge in [0.25, 0.3) is 5.91 Å². The van der Waals surface area contributed by atoms with Crippen molar-refractivity contribution < 1.29 is 9.59 Å². The number of thiophene rings is 1. The third-order valence-corrected chi connectivity index (χ3v) is 5.23. The van der Waals surface area contributed by atoms with Gasteiger partial charge in [-0.2, -0.15) is 0 Å². The van der Waals surface area contributed by atoms with Gasteiger partial charge < -0.3 is 10.2 Å². The van der Waals surface area contributed by atoms with Gasteiger partial charge in [0.15, 0.2) is 0 Å². The highest BCUT2D eigenvalue weighted by Crippen LogP contribution is 2.29. The summed E-state index contributed by atoms with van der Waals surface area (Å²) < 4.78 is 0. The van der Waals surface area contributed by atoms with Gasteiger partial charge in [0, 0.05) is 35.0 Å². The van der Waals surface area contributed by atoms with E-state index in [2.05, 4.69) is 18.3 Å². The zero-order valence-electron chi connectivity index (χ0n) is 14.0. The van der Waals surface area contributed by atoms with Crippen LogP contribution in [0.4, 0.5) is 0 Å². The molecule has 1 saturated carbocycles. The maximum atomic E-state index is 12.7. The molecule has 0 unspecified atom stereocenters. The lowest BCUT2D eigenvalue weighted by atomic mass is 10.1. The van der Waals surface area contributed by atoms with Gasteiger partial charge in [0.2, 0.25) is 5.91 Å². The molecule has 126 valence electrons. The van der Waals surface area contributed by atoms with E-state index < -0.39 is 0 Å². The summed E-state index contributed by atoms with van der Waals surface area (Å²) in [7, 11) is 1.62. The van der Waals surface area contributed by atoms with E-state index in [0.29, 0.717) is 24.6 Å². The first kappa shape index (κ1) is 16.7. The molecule has 1 fully saturated rings. The molecule has 3 rings (SSSR count). The molecule has 0 radical (unpaired) electrons. The van der Waals surface area contributed by atoms with Crippen LogP contribution in [0.2, 0.25) is 0 Å². The van der Waals surface area contributed by atoms with E-state index in [9.17, 15) is 9.59 Å². The monoisotopic (exact) mass is 342 g/mol. The van der Waals surface area contributed by atoms with Crippen molar-refractivity contribution in [2.75, 3.05) is 7.05 Å². The first-order chi connectivity index (χ1) is 11.6. The maximum absolute atomic E-state index is 12.7. The van der Waals surface area contributed by atoms with Crippen molar-refractivity contribution in [2.45, 2.75) is 38.8 Å². The molecule has 0 saturated heterocycles. The molecule has 0 aliphatic heterocycles. The number of benzene rings is 1. The molecule has 0 atom stereocenters. The lowest BCUT2D eigenvalue weighted by molar-refractivity contribution is -0.131. The molecular formula is C19H22N2O2S. The van der Waals surface area contributed by atoms with E-state index in [1.165, 1.54) is 4.88 Å². The Kier molecular flexibility index (Phi) is 5.00. The normalized spacial score (nSPS) is 13.6. The first-order valence-corrected chi connectivity index (χ1v) is 9.04. The number of carbonyl (C=O) groups is 2. The summed E-state index contributed by atoms with van der Waals surface area (Å²) in [6.45, 7) is 2.67. The average molecular weight is 342 g/mol. The molecule has 0 spiro atoms. The van der Waals surface area contributed by atoms with Crippen molar-refractivity contribution in [1.82, 2.24) is 10.2 Å². The molecule has 24 heavy (non-hydrogen) atoms. The minimum absolute atomic E-state index is 0.0928. The molecular weight excluding hydrogens is 320 g/mol. The predicted octanol–water partition coefficient (Wildman–Crippen LogP) is 3.15. The standard InChI is InChI=1S/C19H22N2O2S/c1-13-3-10-17(24-13)11-18(22)21(16-8-9-16)12-14-4-6-15(7-5-14)19(23)20-2/h3-7,10,16H,8-9,11-12H2,1-2H3,(H,20,23). The Morgan fingerprint density at radius 1 is 1.17 bits per heavy atom. The quantitative estimate of drug-likeness (QED) is 0.877. The highest BCUT2D eigenvalue weighted by atomic mass is 32.1. The van der Waals surface area contributed by atoms with E-state index >= 15 is 0 Å². The second-order valence-corrected chi connectivity index (χ2v) is 7.59. The third-order valence-electron chi connectivity index (χ3n) is 4.23. The SMILES string of the molecule is CNC(=O)c1ccc(CN(C(=O)Cc2ccc(C)s2)C2CC2)cc1. The Balaban J connectivity index is 1.67. The van der Waals surface area contributed by atoms with Crippen molar-refractivity contribution in [3.05, 3.63) is 57.3 Å². The van der Waals surface area contributed by atoms with Crippen molar-refractivity contribution in [1.29, 1.82) is 0 Å². The maximum Gasteiger partial charge on any atom is 0.251 e. The van der Waals surface area contributed by atoms with Crippen LogP contribution >= 0.6 is 11.3 Å². The lowest BCUT2D eigenvalue weighted by Crippen LogP contribution is -2.33. The molecule has 4 nitrogen and oxygen atoms in total. The fourth-order valence-corrected chi connectivity index (χ4v) is 3.62. The summed E-state index contributed by atoms with van der Waals surface area (Å²) in [5.74, 6) is 0.0967. The van der Waals surface area contributed by atoms with E-state index in [-0.39, 0.29) is 11.8 Å². The minimum atomic E-state index is -0.0928. The van der Waals surface area contributed by atoms with Crippen LogP contribution in [0.25, 0.3) is 0 Å². The minimum Gasteiger partial charge on any atom is -0.355 e. The van der Waals surface area contributed by atoms with Gasteiger partial charge in [-0.3, -0.25) is 9.59 Å². The fraction of sp³-hybridized carbons (Fsp3) is 0.368. The van der Waals surface area contributed by atoms with Crippen LogP contribution in [0.5, 0.6) is 0 Å².